The number of nitrogens with zero attached hydrogens (tertiary/aromatic N) is 1. The van der Waals surface area contributed by atoms with Crippen molar-refractivity contribution in [3.63, 3.8) is 0 Å². The zero-order valence-electron chi connectivity index (χ0n) is 14.6. The Morgan fingerprint density at radius 1 is 1.23 bits per heavy atom. The van der Waals surface area contributed by atoms with E-state index in [2.05, 4.69) is 5.32 Å². The summed E-state index contributed by atoms with van der Waals surface area (Å²) in [4.78, 5) is 38.5. The largest absolute Gasteiger partial charge is 0.365 e. The molecule has 26 heavy (non-hydrogen) atoms. The van der Waals surface area contributed by atoms with Crippen molar-refractivity contribution in [3.8, 4) is 0 Å². The fraction of sp³-hybridized carbons (Fsp3) is 0.316. The molecule has 0 atom stereocenters. The first-order chi connectivity index (χ1) is 12.5. The molecule has 136 valence electrons. The van der Waals surface area contributed by atoms with E-state index >= 15 is 0 Å². The first-order valence-corrected chi connectivity index (χ1v) is 9.31. The number of nitrogens with one attached hydrogen (secondary N) is 1. The average Bonchev–Trinajstić information content (AvgIpc) is 2.97. The number of nitrogens with two attached hydrogens (primary N) is 1. The maximum atomic E-state index is 12.3. The maximum Gasteiger partial charge on any atom is 0.251 e. The Bertz CT molecular complexity index is 845. The number of carbonyl (C=O) groups excluding carboxylic acids is 3. The third-order valence-corrected chi connectivity index (χ3v) is 5.62. The van der Waals surface area contributed by atoms with Crippen LogP contribution in [0.4, 0.5) is 5.00 Å². The van der Waals surface area contributed by atoms with Gasteiger partial charge in [-0.05, 0) is 24.0 Å². The highest BCUT2D eigenvalue weighted by molar-refractivity contribution is 7.17. The second kappa shape index (κ2) is 7.70. The van der Waals surface area contributed by atoms with E-state index in [1.165, 1.54) is 18.3 Å². The Labute approximate surface area is 156 Å². The zero-order chi connectivity index (χ0) is 18.7. The second-order valence-corrected chi connectivity index (χ2v) is 7.40. The van der Waals surface area contributed by atoms with Crippen molar-refractivity contribution in [3.05, 3.63) is 51.9 Å². The van der Waals surface area contributed by atoms with Crippen LogP contribution < -0.4 is 11.1 Å². The van der Waals surface area contributed by atoms with Crippen LogP contribution in [0.5, 0.6) is 0 Å². The molecule has 2 heterocycles. The van der Waals surface area contributed by atoms with Crippen LogP contribution in [0.2, 0.25) is 0 Å². The highest BCUT2D eigenvalue weighted by Crippen LogP contribution is 2.37. The molecule has 3 rings (SSSR count). The van der Waals surface area contributed by atoms with Crippen molar-refractivity contribution in [2.24, 2.45) is 5.73 Å². The van der Waals surface area contributed by atoms with Gasteiger partial charge in [0.05, 0.1) is 12.1 Å². The molecular weight excluding hydrogens is 350 g/mol. The molecule has 0 spiro atoms. The molecule has 7 heteroatoms. The summed E-state index contributed by atoms with van der Waals surface area (Å²) in [6, 6.07) is 9.76. The van der Waals surface area contributed by atoms with E-state index in [1.54, 1.807) is 4.90 Å². The van der Waals surface area contributed by atoms with Gasteiger partial charge in [0.25, 0.3) is 5.91 Å². The lowest BCUT2D eigenvalue weighted by molar-refractivity contribution is -0.129. The average molecular weight is 371 g/mol. The van der Waals surface area contributed by atoms with Crippen molar-refractivity contribution in [1.82, 2.24) is 4.90 Å². The van der Waals surface area contributed by atoms with Crippen LogP contribution in [0.15, 0.2) is 30.3 Å². The van der Waals surface area contributed by atoms with Crippen LogP contribution >= 0.6 is 11.3 Å². The second-order valence-electron chi connectivity index (χ2n) is 6.30. The first-order valence-electron chi connectivity index (χ1n) is 8.49. The van der Waals surface area contributed by atoms with E-state index < -0.39 is 5.91 Å². The summed E-state index contributed by atoms with van der Waals surface area (Å²) in [6.07, 6.45) is 1.52. The van der Waals surface area contributed by atoms with Gasteiger partial charge in [-0.2, -0.15) is 0 Å². The number of fused-ring (bicyclic) bond motifs is 1. The minimum absolute atomic E-state index is 0.00174. The lowest BCUT2D eigenvalue weighted by atomic mass is 10.0. The number of primary amides is 1. The van der Waals surface area contributed by atoms with Crippen LogP contribution in [0.1, 0.15) is 39.7 Å². The molecule has 0 radical (unpaired) electrons. The molecule has 0 aliphatic carbocycles. The quantitative estimate of drug-likeness (QED) is 0.845. The number of anilines is 1. The highest BCUT2D eigenvalue weighted by atomic mass is 32.1. The van der Waals surface area contributed by atoms with E-state index in [-0.39, 0.29) is 11.8 Å². The third kappa shape index (κ3) is 3.94. The standard InChI is InChI=1S/C19H21N3O3S/c1-12(23)22-10-9-14-15(11-22)26-19(17(14)18(20)25)21-16(24)8-7-13-5-3-2-4-6-13/h2-6H,7-11H2,1H3,(H2,20,25)(H,21,24). The van der Waals surface area contributed by atoms with Crippen molar-refractivity contribution < 1.29 is 14.4 Å². The summed E-state index contributed by atoms with van der Waals surface area (Å²) in [7, 11) is 0. The van der Waals surface area contributed by atoms with E-state index in [4.69, 9.17) is 5.73 Å². The SMILES string of the molecule is CC(=O)N1CCc2c(sc(NC(=O)CCc3ccccc3)c2C(N)=O)C1. The molecular formula is C19H21N3O3S. The Balaban J connectivity index is 1.74. The lowest BCUT2D eigenvalue weighted by Gasteiger charge is -2.25. The number of carbonyl (C=O) groups is 3. The molecule has 1 aliphatic rings. The molecule has 0 unspecified atom stereocenters. The van der Waals surface area contributed by atoms with Gasteiger partial charge in [-0.25, -0.2) is 0 Å². The van der Waals surface area contributed by atoms with E-state index in [9.17, 15) is 14.4 Å². The topological polar surface area (TPSA) is 92.5 Å². The summed E-state index contributed by atoms with van der Waals surface area (Å²) in [6.45, 7) is 2.54. The van der Waals surface area contributed by atoms with Crippen LogP contribution in [0.3, 0.4) is 0 Å². The van der Waals surface area contributed by atoms with Gasteiger partial charge in [-0.15, -0.1) is 11.3 Å². The Kier molecular flexibility index (Phi) is 5.37. The number of hydrogen-bond donors (Lipinski definition) is 2. The van der Waals surface area contributed by atoms with Crippen molar-refractivity contribution in [1.29, 1.82) is 0 Å². The molecule has 1 aromatic carbocycles. The molecule has 1 aliphatic heterocycles. The Morgan fingerprint density at radius 2 is 1.96 bits per heavy atom. The molecule has 0 bridgehead atoms. The summed E-state index contributed by atoms with van der Waals surface area (Å²) in [5.74, 6) is -0.700. The van der Waals surface area contributed by atoms with Gasteiger partial charge in [-0.1, -0.05) is 30.3 Å². The van der Waals surface area contributed by atoms with Gasteiger partial charge in [0.15, 0.2) is 0 Å². The maximum absolute atomic E-state index is 12.3. The van der Waals surface area contributed by atoms with Gasteiger partial charge < -0.3 is 16.0 Å². The van der Waals surface area contributed by atoms with Gasteiger partial charge in [0.1, 0.15) is 5.00 Å². The van der Waals surface area contributed by atoms with Gasteiger partial charge in [0, 0.05) is 24.8 Å². The van der Waals surface area contributed by atoms with Crippen LogP contribution in [0.25, 0.3) is 0 Å². The van der Waals surface area contributed by atoms with Crippen molar-refractivity contribution in [2.45, 2.75) is 32.7 Å². The first kappa shape index (κ1) is 18.1. The molecule has 3 N–H and O–H groups in total. The van der Waals surface area contributed by atoms with E-state index in [0.717, 1.165) is 16.0 Å². The van der Waals surface area contributed by atoms with Crippen molar-refractivity contribution >= 4 is 34.1 Å². The molecule has 1 aromatic heterocycles. The normalized spacial score (nSPS) is 13.2. The molecule has 0 saturated carbocycles. The predicted molar refractivity (Wildman–Crippen MR) is 101 cm³/mol. The molecule has 0 saturated heterocycles. The number of hydrogen-bond acceptors (Lipinski definition) is 4. The number of benzene rings is 1. The fourth-order valence-corrected chi connectivity index (χ4v) is 4.40. The molecule has 2 aromatic rings. The summed E-state index contributed by atoms with van der Waals surface area (Å²) in [5.41, 5.74) is 7.89. The number of thiophene rings is 1. The van der Waals surface area contributed by atoms with E-state index in [1.807, 2.05) is 30.3 Å². The highest BCUT2D eigenvalue weighted by Gasteiger charge is 2.28. The minimum atomic E-state index is -0.544. The van der Waals surface area contributed by atoms with E-state index in [0.29, 0.717) is 42.9 Å². The number of rotatable bonds is 5. The summed E-state index contributed by atoms with van der Waals surface area (Å²) in [5, 5.41) is 3.33. The summed E-state index contributed by atoms with van der Waals surface area (Å²) >= 11 is 1.33. The zero-order valence-corrected chi connectivity index (χ0v) is 15.4. The lowest BCUT2D eigenvalue weighted by Crippen LogP contribution is -2.34. The minimum Gasteiger partial charge on any atom is -0.365 e. The third-order valence-electron chi connectivity index (χ3n) is 4.49. The summed E-state index contributed by atoms with van der Waals surface area (Å²) < 4.78 is 0. The molecule has 6 nitrogen and oxygen atoms in total. The van der Waals surface area contributed by atoms with Gasteiger partial charge >= 0.3 is 0 Å². The smallest absolute Gasteiger partial charge is 0.251 e. The monoisotopic (exact) mass is 371 g/mol. The Morgan fingerprint density at radius 3 is 2.62 bits per heavy atom. The Hall–Kier alpha value is -2.67. The molecule has 0 fully saturated rings. The van der Waals surface area contributed by atoms with Crippen molar-refractivity contribution in [2.75, 3.05) is 11.9 Å². The van der Waals surface area contributed by atoms with Gasteiger partial charge in [0.2, 0.25) is 11.8 Å². The number of amides is 3. The van der Waals surface area contributed by atoms with Crippen LogP contribution in [0, 0.1) is 0 Å². The van der Waals surface area contributed by atoms with Crippen LogP contribution in [-0.2, 0) is 29.0 Å². The van der Waals surface area contributed by atoms with Gasteiger partial charge in [-0.3, -0.25) is 14.4 Å². The molecule has 3 amide bonds. The number of aryl methyl sites for hydroxylation is 1. The predicted octanol–water partition coefficient (Wildman–Crippen LogP) is 2.32. The van der Waals surface area contributed by atoms with Crippen LogP contribution in [-0.4, -0.2) is 29.2 Å². The fourth-order valence-electron chi connectivity index (χ4n) is 3.11.